The number of alkyl carbamates (subject to hydrolysis) is 1. The van der Waals surface area contributed by atoms with Gasteiger partial charge in [0, 0.05) is 36.8 Å². The molecule has 3 atom stereocenters. The number of anilines is 1. The van der Waals surface area contributed by atoms with E-state index in [0.29, 0.717) is 40.4 Å². The van der Waals surface area contributed by atoms with Crippen molar-refractivity contribution in [2.24, 2.45) is 5.92 Å². The van der Waals surface area contributed by atoms with E-state index >= 15 is 0 Å². The average Bonchev–Trinajstić information content (AvgIpc) is 3.33. The quantitative estimate of drug-likeness (QED) is 0.0388. The summed E-state index contributed by atoms with van der Waals surface area (Å²) in [4.78, 5) is 55.1. The van der Waals surface area contributed by atoms with Gasteiger partial charge in [0.15, 0.2) is 0 Å². The number of carbonyl (C=O) groups is 3. The van der Waals surface area contributed by atoms with Crippen molar-refractivity contribution in [2.45, 2.75) is 44.2 Å². The van der Waals surface area contributed by atoms with Gasteiger partial charge in [-0.05, 0) is 108 Å². The van der Waals surface area contributed by atoms with Gasteiger partial charge in [-0.1, -0.05) is 72.8 Å². The predicted octanol–water partition coefficient (Wildman–Crippen LogP) is 6.52. The van der Waals surface area contributed by atoms with Crippen LogP contribution in [0.3, 0.4) is 0 Å². The standard InChI is InChI=1S/C50H52N6O9/c57-42-19-17-40(41-18-20-45(59)54-47(41)42)43(58)29-51-28-32-11-15-38(16-12-32)53-49(61)52-23-26-63-48(60)36-13-9-33(10-14-36)31-64-39-8-4-7-37(27-39)46(35-5-2-1-3-6-35)55-50(62)65-44-30-56-24-21-34(44)22-25-56/h1-20,27,34,43-44,46,51,57-58H,21-26,28-31H2,(H,54,59)(H,55,62)(H2,52,53,61)/t43-,44-,46?/m0/s1. The molecule has 6 aromatic rings. The topological polar surface area (TPSA) is 204 Å². The summed E-state index contributed by atoms with van der Waals surface area (Å²) in [6, 6.07) is 36.6. The second kappa shape index (κ2) is 21.0. The molecule has 3 aliphatic heterocycles. The van der Waals surface area contributed by atoms with E-state index < -0.39 is 30.2 Å². The van der Waals surface area contributed by atoms with E-state index in [1.165, 1.54) is 12.1 Å². The van der Waals surface area contributed by atoms with Gasteiger partial charge in [-0.25, -0.2) is 14.4 Å². The number of aliphatic hydroxyl groups is 1. The molecule has 0 aliphatic carbocycles. The van der Waals surface area contributed by atoms with Gasteiger partial charge >= 0.3 is 18.1 Å². The first-order valence-electron chi connectivity index (χ1n) is 21.8. The summed E-state index contributed by atoms with van der Waals surface area (Å²) in [5.41, 5.74) is 4.95. The molecular formula is C50H52N6O9. The molecule has 5 aromatic carbocycles. The molecule has 15 heteroatoms. The number of aromatic amines is 1. The van der Waals surface area contributed by atoms with Crippen molar-refractivity contribution in [3.63, 3.8) is 0 Å². The third kappa shape index (κ3) is 11.7. The van der Waals surface area contributed by atoms with Crippen molar-refractivity contribution < 1.29 is 38.8 Å². The van der Waals surface area contributed by atoms with E-state index in [9.17, 15) is 29.4 Å². The smallest absolute Gasteiger partial charge is 0.408 e. The van der Waals surface area contributed by atoms with Crippen LogP contribution in [0.1, 0.15) is 63.2 Å². The van der Waals surface area contributed by atoms with E-state index in [1.54, 1.807) is 48.5 Å². The van der Waals surface area contributed by atoms with Gasteiger partial charge in [0.05, 0.1) is 29.8 Å². The number of piperidine rings is 3. The summed E-state index contributed by atoms with van der Waals surface area (Å²) in [5.74, 6) is 0.433. The third-order valence-corrected chi connectivity index (χ3v) is 11.8. The van der Waals surface area contributed by atoms with Crippen LogP contribution in [0, 0.1) is 5.92 Å². The highest BCUT2D eigenvalue weighted by Crippen LogP contribution is 2.32. The number of esters is 1. The van der Waals surface area contributed by atoms with Crippen molar-refractivity contribution in [1.29, 1.82) is 0 Å². The molecule has 65 heavy (non-hydrogen) atoms. The molecular weight excluding hydrogens is 829 g/mol. The Morgan fingerprint density at radius 3 is 2.34 bits per heavy atom. The summed E-state index contributed by atoms with van der Waals surface area (Å²) in [5, 5.41) is 33.2. The maximum atomic E-state index is 13.2. The second-order valence-electron chi connectivity index (χ2n) is 16.3. The van der Waals surface area contributed by atoms with Crippen LogP contribution >= 0.6 is 0 Å². The van der Waals surface area contributed by atoms with Crippen molar-refractivity contribution in [2.75, 3.05) is 44.6 Å². The summed E-state index contributed by atoms with van der Waals surface area (Å²) in [6.45, 7) is 3.90. The van der Waals surface area contributed by atoms with E-state index in [4.69, 9.17) is 14.2 Å². The number of urea groups is 1. The number of aromatic hydroxyl groups is 1. The number of amides is 3. The number of benzene rings is 5. The number of hydrogen-bond donors (Lipinski definition) is 7. The summed E-state index contributed by atoms with van der Waals surface area (Å²) >= 11 is 0. The fraction of sp³-hybridized carbons (Fsp3) is 0.280. The molecule has 4 heterocycles. The first-order chi connectivity index (χ1) is 31.6. The van der Waals surface area contributed by atoms with Crippen LogP contribution in [-0.2, 0) is 22.6 Å². The van der Waals surface area contributed by atoms with Crippen LogP contribution in [0.5, 0.6) is 11.5 Å². The lowest BCUT2D eigenvalue weighted by Crippen LogP contribution is -2.52. The minimum Gasteiger partial charge on any atom is -0.506 e. The minimum atomic E-state index is -0.890. The lowest BCUT2D eigenvalue weighted by atomic mass is 9.86. The molecule has 15 nitrogen and oxygen atoms in total. The Kier molecular flexibility index (Phi) is 14.3. The molecule has 0 saturated carbocycles. The summed E-state index contributed by atoms with van der Waals surface area (Å²) < 4.78 is 17.5. The second-order valence-corrected chi connectivity index (χ2v) is 16.3. The molecule has 3 amide bonds. The summed E-state index contributed by atoms with van der Waals surface area (Å²) in [6.07, 6.45) is 0.682. The highest BCUT2D eigenvalue weighted by atomic mass is 16.6. The van der Waals surface area contributed by atoms with Crippen LogP contribution in [0.4, 0.5) is 15.3 Å². The number of phenols is 1. The Balaban J connectivity index is 0.742. The fourth-order valence-corrected chi connectivity index (χ4v) is 8.31. The first-order valence-corrected chi connectivity index (χ1v) is 21.8. The SMILES string of the molecule is O=C(NCCOC(=O)c1ccc(COc2cccc(C(NC(=O)O[C@H]3CN4CCC3CC4)c3ccccc3)c2)cc1)Nc1ccc(CNC[C@H](O)c2ccc(O)c3[nH]c(=O)ccc23)cc1. The van der Waals surface area contributed by atoms with Crippen LogP contribution in [0.25, 0.3) is 10.9 Å². The monoisotopic (exact) mass is 880 g/mol. The Bertz CT molecular complexity index is 2630. The van der Waals surface area contributed by atoms with Crippen LogP contribution < -0.4 is 31.6 Å². The van der Waals surface area contributed by atoms with Gasteiger partial charge in [-0.2, -0.15) is 0 Å². The molecule has 3 saturated heterocycles. The Morgan fingerprint density at radius 2 is 1.58 bits per heavy atom. The van der Waals surface area contributed by atoms with E-state index in [2.05, 4.69) is 31.2 Å². The Hall–Kier alpha value is -7.20. The number of hydrogen-bond acceptors (Lipinski definition) is 11. The predicted molar refractivity (Wildman–Crippen MR) is 245 cm³/mol. The average molecular weight is 881 g/mol. The lowest BCUT2D eigenvalue weighted by Gasteiger charge is -2.43. The molecule has 336 valence electrons. The molecule has 9 rings (SSSR count). The number of pyridine rings is 1. The molecule has 2 bridgehead atoms. The zero-order valence-electron chi connectivity index (χ0n) is 35.7. The zero-order chi connectivity index (χ0) is 45.1. The molecule has 3 aliphatic rings. The highest BCUT2D eigenvalue weighted by molar-refractivity contribution is 5.90. The van der Waals surface area contributed by atoms with Crippen LogP contribution in [0.15, 0.2) is 132 Å². The van der Waals surface area contributed by atoms with Crippen LogP contribution in [0.2, 0.25) is 0 Å². The highest BCUT2D eigenvalue weighted by Gasteiger charge is 2.37. The Morgan fingerprint density at radius 1 is 0.831 bits per heavy atom. The van der Waals surface area contributed by atoms with Crippen molar-refractivity contribution in [3.8, 4) is 11.5 Å². The van der Waals surface area contributed by atoms with E-state index in [-0.39, 0.29) is 49.2 Å². The number of aromatic nitrogens is 1. The van der Waals surface area contributed by atoms with Gasteiger partial charge in [0.25, 0.3) is 0 Å². The number of H-pyrrole nitrogens is 1. The number of fused-ring (bicyclic) bond motifs is 4. The molecule has 7 N–H and O–H groups in total. The molecule has 1 unspecified atom stereocenters. The number of ether oxygens (including phenoxy) is 3. The van der Waals surface area contributed by atoms with Crippen molar-refractivity contribution >= 4 is 34.7 Å². The number of nitrogens with zero attached hydrogens (tertiary/aromatic N) is 1. The lowest BCUT2D eigenvalue weighted by molar-refractivity contribution is -0.0336. The molecule has 0 radical (unpaired) electrons. The molecule has 1 aromatic heterocycles. The fourth-order valence-electron chi connectivity index (χ4n) is 8.31. The number of phenolic OH excluding ortho intramolecular Hbond substituents is 1. The number of aliphatic hydroxyl groups excluding tert-OH is 1. The third-order valence-electron chi connectivity index (χ3n) is 11.8. The van der Waals surface area contributed by atoms with Crippen LogP contribution in [-0.4, -0.2) is 83.6 Å². The largest absolute Gasteiger partial charge is 0.506 e. The van der Waals surface area contributed by atoms with Gasteiger partial charge < -0.3 is 50.7 Å². The van der Waals surface area contributed by atoms with E-state index in [1.807, 2.05) is 66.7 Å². The zero-order valence-corrected chi connectivity index (χ0v) is 35.7. The van der Waals surface area contributed by atoms with Gasteiger partial charge in [0.2, 0.25) is 5.56 Å². The Labute approximate surface area is 375 Å². The van der Waals surface area contributed by atoms with Gasteiger partial charge in [-0.15, -0.1) is 0 Å². The first kappa shape index (κ1) is 44.4. The number of carbonyl (C=O) groups excluding carboxylic acids is 3. The maximum absolute atomic E-state index is 13.2. The minimum absolute atomic E-state index is 0.0297. The number of nitrogens with one attached hydrogen (secondary N) is 5. The maximum Gasteiger partial charge on any atom is 0.408 e. The van der Waals surface area contributed by atoms with Gasteiger partial charge in [-0.3, -0.25) is 9.69 Å². The van der Waals surface area contributed by atoms with E-state index in [0.717, 1.165) is 54.7 Å². The molecule has 3 fully saturated rings. The van der Waals surface area contributed by atoms with Crippen molar-refractivity contribution in [1.82, 2.24) is 25.8 Å². The van der Waals surface area contributed by atoms with Gasteiger partial charge in [0.1, 0.15) is 30.8 Å². The number of rotatable bonds is 17. The molecule has 0 spiro atoms. The summed E-state index contributed by atoms with van der Waals surface area (Å²) in [7, 11) is 0. The van der Waals surface area contributed by atoms with Crippen molar-refractivity contribution in [3.05, 3.63) is 171 Å². The normalized spacial score (nSPS) is 17.4.